The maximum atomic E-state index is 5.24. The van der Waals surface area contributed by atoms with E-state index in [1.165, 1.54) is 0 Å². The van der Waals surface area contributed by atoms with Crippen molar-refractivity contribution in [2.75, 3.05) is 14.2 Å². The molecule has 0 aliphatic rings. The summed E-state index contributed by atoms with van der Waals surface area (Å²) in [4.78, 5) is 0. The standard InChI is InChI=1S/C12H11O2/c1-13-10-6-7-11-9(8-10)4-3-5-12(11)14-2/h3,5-8H,1-2H3. The zero-order valence-electron chi connectivity index (χ0n) is 8.20. The second-order valence-electron chi connectivity index (χ2n) is 2.96. The first-order chi connectivity index (χ1) is 6.85. The Bertz CT molecular complexity index is 449. The fourth-order valence-corrected chi connectivity index (χ4v) is 1.46. The summed E-state index contributed by atoms with van der Waals surface area (Å²) in [7, 11) is 3.32. The van der Waals surface area contributed by atoms with Crippen LogP contribution in [0.2, 0.25) is 0 Å². The van der Waals surface area contributed by atoms with Crippen LogP contribution in [0.1, 0.15) is 0 Å². The molecular formula is C12H11O2. The minimum Gasteiger partial charge on any atom is -0.497 e. The first kappa shape index (κ1) is 8.88. The molecule has 0 heterocycles. The molecule has 0 N–H and O–H groups in total. The van der Waals surface area contributed by atoms with Crippen molar-refractivity contribution < 1.29 is 9.47 Å². The average Bonchev–Trinajstić information content (AvgIpc) is 2.27. The molecule has 0 unspecified atom stereocenters. The second-order valence-corrected chi connectivity index (χ2v) is 2.96. The Labute approximate surface area is 83.1 Å². The molecule has 2 nitrogen and oxygen atoms in total. The van der Waals surface area contributed by atoms with E-state index in [9.17, 15) is 0 Å². The third kappa shape index (κ3) is 1.39. The lowest BCUT2D eigenvalue weighted by atomic mass is 10.1. The Morgan fingerprint density at radius 2 is 1.93 bits per heavy atom. The van der Waals surface area contributed by atoms with Crippen molar-refractivity contribution in [3.05, 3.63) is 36.4 Å². The highest BCUT2D eigenvalue weighted by molar-refractivity contribution is 5.88. The van der Waals surface area contributed by atoms with Crippen molar-refractivity contribution in [3.63, 3.8) is 0 Å². The number of hydrogen-bond acceptors (Lipinski definition) is 2. The van der Waals surface area contributed by atoms with Gasteiger partial charge in [0.1, 0.15) is 11.5 Å². The molecule has 0 bridgehead atoms. The quantitative estimate of drug-likeness (QED) is 0.719. The summed E-state index contributed by atoms with van der Waals surface area (Å²) in [6.45, 7) is 0. The van der Waals surface area contributed by atoms with Crippen LogP contribution in [0.15, 0.2) is 30.3 Å². The summed E-state index contributed by atoms with van der Waals surface area (Å²) < 4.78 is 10.4. The minimum absolute atomic E-state index is 0.835. The van der Waals surface area contributed by atoms with Gasteiger partial charge in [-0.2, -0.15) is 0 Å². The van der Waals surface area contributed by atoms with E-state index >= 15 is 0 Å². The summed E-state index contributed by atoms with van der Waals surface area (Å²) in [5, 5.41) is 2.06. The van der Waals surface area contributed by atoms with E-state index in [1.54, 1.807) is 14.2 Å². The van der Waals surface area contributed by atoms with Crippen LogP contribution >= 0.6 is 0 Å². The highest BCUT2D eigenvalue weighted by Crippen LogP contribution is 2.27. The molecule has 2 rings (SSSR count). The van der Waals surface area contributed by atoms with E-state index in [0.717, 1.165) is 22.3 Å². The number of ether oxygens (including phenoxy) is 2. The van der Waals surface area contributed by atoms with Crippen LogP contribution in [0.4, 0.5) is 0 Å². The average molecular weight is 187 g/mol. The highest BCUT2D eigenvalue weighted by atomic mass is 16.5. The first-order valence-electron chi connectivity index (χ1n) is 4.37. The Kier molecular flexibility index (Phi) is 2.27. The fourth-order valence-electron chi connectivity index (χ4n) is 1.46. The molecule has 0 aliphatic carbocycles. The first-order valence-corrected chi connectivity index (χ1v) is 4.37. The summed E-state index contributed by atoms with van der Waals surface area (Å²) in [6.07, 6.45) is 0. The highest BCUT2D eigenvalue weighted by Gasteiger charge is 2.01. The van der Waals surface area contributed by atoms with Gasteiger partial charge in [-0.1, -0.05) is 6.07 Å². The van der Waals surface area contributed by atoms with Crippen LogP contribution in [0.3, 0.4) is 0 Å². The third-order valence-corrected chi connectivity index (χ3v) is 2.19. The van der Waals surface area contributed by atoms with Gasteiger partial charge in [-0.3, -0.25) is 0 Å². The van der Waals surface area contributed by atoms with Crippen LogP contribution < -0.4 is 9.47 Å². The van der Waals surface area contributed by atoms with E-state index < -0.39 is 0 Å². The molecule has 0 saturated carbocycles. The number of benzene rings is 2. The molecule has 0 saturated heterocycles. The molecule has 0 aliphatic heterocycles. The molecular weight excluding hydrogens is 176 g/mol. The van der Waals surface area contributed by atoms with Crippen molar-refractivity contribution in [1.29, 1.82) is 0 Å². The summed E-state index contributed by atoms with van der Waals surface area (Å²) in [5.41, 5.74) is 0. The normalized spacial score (nSPS) is 10.1. The van der Waals surface area contributed by atoms with Crippen LogP contribution in [0.5, 0.6) is 11.5 Å². The molecule has 2 aromatic carbocycles. The molecule has 0 aromatic heterocycles. The van der Waals surface area contributed by atoms with Gasteiger partial charge < -0.3 is 9.47 Å². The van der Waals surface area contributed by atoms with Crippen molar-refractivity contribution in [2.24, 2.45) is 0 Å². The van der Waals surface area contributed by atoms with E-state index in [-0.39, 0.29) is 0 Å². The molecule has 2 aromatic rings. The van der Waals surface area contributed by atoms with E-state index in [2.05, 4.69) is 6.07 Å². The van der Waals surface area contributed by atoms with Crippen molar-refractivity contribution >= 4 is 10.8 Å². The Hall–Kier alpha value is -1.70. The third-order valence-electron chi connectivity index (χ3n) is 2.19. The van der Waals surface area contributed by atoms with Crippen LogP contribution in [0, 0.1) is 6.07 Å². The monoisotopic (exact) mass is 187 g/mol. The number of hydrogen-bond donors (Lipinski definition) is 0. The number of fused-ring (bicyclic) bond motifs is 1. The smallest absolute Gasteiger partial charge is 0.126 e. The molecule has 0 amide bonds. The topological polar surface area (TPSA) is 18.5 Å². The van der Waals surface area contributed by atoms with Crippen molar-refractivity contribution in [2.45, 2.75) is 0 Å². The lowest BCUT2D eigenvalue weighted by Crippen LogP contribution is -1.86. The molecule has 2 heteroatoms. The maximum absolute atomic E-state index is 5.24. The van der Waals surface area contributed by atoms with Crippen molar-refractivity contribution in [3.8, 4) is 11.5 Å². The lowest BCUT2D eigenvalue weighted by molar-refractivity contribution is 0.414. The lowest BCUT2D eigenvalue weighted by Gasteiger charge is -2.06. The van der Waals surface area contributed by atoms with Crippen LogP contribution in [0.25, 0.3) is 10.8 Å². The molecule has 1 radical (unpaired) electrons. The Balaban J connectivity index is 2.67. The predicted octanol–water partition coefficient (Wildman–Crippen LogP) is 2.66. The zero-order valence-corrected chi connectivity index (χ0v) is 8.20. The van der Waals surface area contributed by atoms with Gasteiger partial charge in [0, 0.05) is 5.39 Å². The van der Waals surface area contributed by atoms with E-state index in [0.29, 0.717) is 0 Å². The van der Waals surface area contributed by atoms with Crippen LogP contribution in [-0.2, 0) is 0 Å². The van der Waals surface area contributed by atoms with Gasteiger partial charge in [-0.15, -0.1) is 0 Å². The fraction of sp³-hybridized carbons (Fsp3) is 0.167. The van der Waals surface area contributed by atoms with Crippen LogP contribution in [-0.4, -0.2) is 14.2 Å². The van der Waals surface area contributed by atoms with Gasteiger partial charge in [-0.25, -0.2) is 0 Å². The molecule has 14 heavy (non-hydrogen) atoms. The van der Waals surface area contributed by atoms with E-state index in [4.69, 9.17) is 9.47 Å². The summed E-state index contributed by atoms with van der Waals surface area (Å²) >= 11 is 0. The van der Waals surface area contributed by atoms with Gasteiger partial charge >= 0.3 is 0 Å². The second kappa shape index (κ2) is 3.58. The Morgan fingerprint density at radius 1 is 1.07 bits per heavy atom. The van der Waals surface area contributed by atoms with Gasteiger partial charge in [0.25, 0.3) is 0 Å². The molecule has 0 atom stereocenters. The van der Waals surface area contributed by atoms with Gasteiger partial charge in [0.15, 0.2) is 0 Å². The minimum atomic E-state index is 0.835. The van der Waals surface area contributed by atoms with Gasteiger partial charge in [0.2, 0.25) is 0 Å². The molecule has 0 spiro atoms. The van der Waals surface area contributed by atoms with Gasteiger partial charge in [-0.05, 0) is 35.7 Å². The van der Waals surface area contributed by atoms with Crippen molar-refractivity contribution in [1.82, 2.24) is 0 Å². The molecule has 71 valence electrons. The van der Waals surface area contributed by atoms with Gasteiger partial charge in [0.05, 0.1) is 14.2 Å². The zero-order chi connectivity index (χ0) is 9.97. The number of methoxy groups -OCH3 is 2. The van der Waals surface area contributed by atoms with E-state index in [1.807, 2.05) is 30.3 Å². The number of rotatable bonds is 2. The maximum Gasteiger partial charge on any atom is 0.126 e. The summed E-state index contributed by atoms with van der Waals surface area (Å²) in [5.74, 6) is 1.70. The predicted molar refractivity (Wildman–Crippen MR) is 55.9 cm³/mol. The summed E-state index contributed by atoms with van der Waals surface area (Å²) in [6, 6.07) is 12.7. The molecule has 0 fully saturated rings. The Morgan fingerprint density at radius 3 is 2.64 bits per heavy atom. The SMILES string of the molecule is COc1ccc2c(OC)cc[c]c2c1. The largest absolute Gasteiger partial charge is 0.497 e.